The summed E-state index contributed by atoms with van der Waals surface area (Å²) in [6.45, 7) is 1.86. The summed E-state index contributed by atoms with van der Waals surface area (Å²) in [7, 11) is 0. The van der Waals surface area contributed by atoms with E-state index in [2.05, 4.69) is 36.1 Å². The monoisotopic (exact) mass is 240 g/mol. The van der Waals surface area contributed by atoms with Crippen molar-refractivity contribution in [2.45, 2.75) is 44.9 Å². The van der Waals surface area contributed by atoms with Crippen LogP contribution in [0.4, 0.5) is 0 Å². The van der Waals surface area contributed by atoms with E-state index in [4.69, 9.17) is 0 Å². The second kappa shape index (κ2) is 6.40. The first-order valence-electron chi connectivity index (χ1n) is 6.78. The van der Waals surface area contributed by atoms with Crippen molar-refractivity contribution in [2.24, 2.45) is 5.92 Å². The number of hydrogen-bond donors (Lipinski definition) is 0. The molecular formula is C17H20O. The molecule has 1 saturated carbocycles. The maximum absolute atomic E-state index is 11.9. The van der Waals surface area contributed by atoms with Crippen LogP contribution >= 0.6 is 0 Å². The normalized spacial score (nSPS) is 23.3. The highest BCUT2D eigenvalue weighted by Crippen LogP contribution is 2.36. The van der Waals surface area contributed by atoms with Gasteiger partial charge in [-0.15, -0.1) is 11.8 Å². The van der Waals surface area contributed by atoms with Gasteiger partial charge in [0, 0.05) is 18.8 Å². The van der Waals surface area contributed by atoms with Crippen LogP contribution in [0.25, 0.3) is 0 Å². The molecule has 0 bridgehead atoms. The highest BCUT2D eigenvalue weighted by molar-refractivity contribution is 5.82. The van der Waals surface area contributed by atoms with E-state index in [1.165, 1.54) is 5.56 Å². The fraction of sp³-hybridized carbons (Fsp3) is 0.471. The molecule has 0 saturated heterocycles. The molecule has 94 valence electrons. The lowest BCUT2D eigenvalue weighted by atomic mass is 9.75. The third kappa shape index (κ3) is 3.23. The van der Waals surface area contributed by atoms with Gasteiger partial charge >= 0.3 is 0 Å². The minimum absolute atomic E-state index is 0.227. The second-order valence-electron chi connectivity index (χ2n) is 5.01. The zero-order valence-electron chi connectivity index (χ0n) is 11.0. The van der Waals surface area contributed by atoms with Crippen molar-refractivity contribution in [3.05, 3.63) is 35.9 Å². The summed E-state index contributed by atoms with van der Waals surface area (Å²) in [5.74, 6) is 7.20. The number of carbonyl (C=O) groups is 1. The molecule has 0 radical (unpaired) electrons. The summed E-state index contributed by atoms with van der Waals surface area (Å²) in [5.41, 5.74) is 1.39. The molecule has 0 aliphatic heterocycles. The fourth-order valence-electron chi connectivity index (χ4n) is 2.79. The molecule has 0 amide bonds. The number of Topliss-reactive ketones (excluding diaryl/α,β-unsaturated/α-hetero) is 1. The lowest BCUT2D eigenvalue weighted by molar-refractivity contribution is -0.125. The van der Waals surface area contributed by atoms with Gasteiger partial charge in [0.05, 0.1) is 0 Å². The van der Waals surface area contributed by atoms with Gasteiger partial charge < -0.3 is 0 Å². The smallest absolute Gasteiger partial charge is 0.136 e. The number of rotatable bonds is 3. The predicted octanol–water partition coefficient (Wildman–Crippen LogP) is 3.94. The van der Waals surface area contributed by atoms with Crippen LogP contribution in [0.5, 0.6) is 0 Å². The highest BCUT2D eigenvalue weighted by Gasteiger charge is 2.28. The molecule has 0 heterocycles. The van der Waals surface area contributed by atoms with Crippen molar-refractivity contribution >= 4 is 5.78 Å². The van der Waals surface area contributed by atoms with E-state index in [1.54, 1.807) is 0 Å². The molecule has 1 aromatic rings. The average Bonchev–Trinajstić information content (AvgIpc) is 2.42. The molecule has 0 N–H and O–H groups in total. The minimum atomic E-state index is 0.227. The van der Waals surface area contributed by atoms with Gasteiger partial charge in [-0.05, 0) is 37.7 Å². The Morgan fingerprint density at radius 2 is 2.06 bits per heavy atom. The summed E-state index contributed by atoms with van der Waals surface area (Å²) in [4.78, 5) is 11.9. The van der Waals surface area contributed by atoms with E-state index < -0.39 is 0 Å². The summed E-state index contributed by atoms with van der Waals surface area (Å²) >= 11 is 0. The molecule has 0 aromatic heterocycles. The van der Waals surface area contributed by atoms with E-state index in [-0.39, 0.29) is 5.92 Å². The maximum atomic E-state index is 11.9. The highest BCUT2D eigenvalue weighted by atomic mass is 16.1. The van der Waals surface area contributed by atoms with Crippen LogP contribution in [-0.4, -0.2) is 5.78 Å². The molecule has 1 fully saturated rings. The number of hydrogen-bond acceptors (Lipinski definition) is 1. The summed E-state index contributed by atoms with van der Waals surface area (Å²) < 4.78 is 0. The van der Waals surface area contributed by atoms with Gasteiger partial charge in [0.1, 0.15) is 5.78 Å². The third-order valence-electron chi connectivity index (χ3n) is 3.83. The van der Waals surface area contributed by atoms with E-state index in [0.29, 0.717) is 11.7 Å². The second-order valence-corrected chi connectivity index (χ2v) is 5.01. The van der Waals surface area contributed by atoms with Crippen molar-refractivity contribution in [3.8, 4) is 11.8 Å². The molecule has 1 aromatic carbocycles. The SMILES string of the molecule is CC#CCCC1CC(c2ccccc2)CCC1=O. The van der Waals surface area contributed by atoms with Crippen LogP contribution < -0.4 is 0 Å². The molecule has 1 aliphatic carbocycles. The fourth-order valence-corrected chi connectivity index (χ4v) is 2.79. The molecule has 18 heavy (non-hydrogen) atoms. The average molecular weight is 240 g/mol. The molecule has 2 atom stereocenters. The third-order valence-corrected chi connectivity index (χ3v) is 3.83. The molecule has 1 nitrogen and oxygen atoms in total. The van der Waals surface area contributed by atoms with Crippen molar-refractivity contribution in [2.75, 3.05) is 0 Å². The summed E-state index contributed by atoms with van der Waals surface area (Å²) in [6.07, 6.45) is 4.55. The Morgan fingerprint density at radius 1 is 1.28 bits per heavy atom. The molecular weight excluding hydrogens is 220 g/mol. The maximum Gasteiger partial charge on any atom is 0.136 e. The molecule has 1 heteroatoms. The molecule has 2 rings (SSSR count). The zero-order valence-corrected chi connectivity index (χ0v) is 11.0. The number of benzene rings is 1. The van der Waals surface area contributed by atoms with Crippen LogP contribution in [0.1, 0.15) is 50.5 Å². The van der Waals surface area contributed by atoms with Crippen LogP contribution in [0, 0.1) is 17.8 Å². The van der Waals surface area contributed by atoms with Gasteiger partial charge in [-0.2, -0.15) is 0 Å². The van der Waals surface area contributed by atoms with Crippen LogP contribution in [-0.2, 0) is 4.79 Å². The van der Waals surface area contributed by atoms with Gasteiger partial charge in [0.25, 0.3) is 0 Å². The Labute approximate surface area is 110 Å². The Bertz CT molecular complexity index is 449. The first kappa shape index (κ1) is 12.9. The van der Waals surface area contributed by atoms with E-state index in [9.17, 15) is 4.79 Å². The largest absolute Gasteiger partial charge is 0.299 e. The lowest BCUT2D eigenvalue weighted by Crippen LogP contribution is -2.23. The van der Waals surface area contributed by atoms with Gasteiger partial charge in [-0.25, -0.2) is 0 Å². The first-order chi connectivity index (χ1) is 8.81. The van der Waals surface area contributed by atoms with E-state index >= 15 is 0 Å². The Morgan fingerprint density at radius 3 is 2.78 bits per heavy atom. The summed E-state index contributed by atoms with van der Waals surface area (Å²) in [6, 6.07) is 10.6. The molecule has 0 spiro atoms. The number of carbonyl (C=O) groups excluding carboxylic acids is 1. The van der Waals surface area contributed by atoms with Gasteiger partial charge in [0.2, 0.25) is 0 Å². The predicted molar refractivity (Wildman–Crippen MR) is 74.2 cm³/mol. The van der Waals surface area contributed by atoms with Crippen LogP contribution in [0.15, 0.2) is 30.3 Å². The standard InChI is InChI=1S/C17H20O/c1-2-3-5-10-16-13-15(11-12-17(16)18)14-8-6-4-7-9-14/h4,6-9,15-16H,5,10-13H2,1H3. The van der Waals surface area contributed by atoms with Crippen molar-refractivity contribution < 1.29 is 4.79 Å². The Kier molecular flexibility index (Phi) is 4.59. The number of ketones is 1. The Hall–Kier alpha value is -1.55. The topological polar surface area (TPSA) is 17.1 Å². The molecule has 1 aliphatic rings. The first-order valence-corrected chi connectivity index (χ1v) is 6.78. The minimum Gasteiger partial charge on any atom is -0.299 e. The Balaban J connectivity index is 1.99. The van der Waals surface area contributed by atoms with E-state index in [1.807, 2.05) is 13.0 Å². The van der Waals surface area contributed by atoms with Crippen molar-refractivity contribution in [1.82, 2.24) is 0 Å². The van der Waals surface area contributed by atoms with Gasteiger partial charge in [-0.1, -0.05) is 30.3 Å². The van der Waals surface area contributed by atoms with Crippen LogP contribution in [0.2, 0.25) is 0 Å². The lowest BCUT2D eigenvalue weighted by Gasteiger charge is -2.28. The summed E-state index contributed by atoms with van der Waals surface area (Å²) in [5, 5.41) is 0. The van der Waals surface area contributed by atoms with Crippen molar-refractivity contribution in [1.29, 1.82) is 0 Å². The van der Waals surface area contributed by atoms with Gasteiger partial charge in [-0.3, -0.25) is 4.79 Å². The molecule has 2 unspecified atom stereocenters. The van der Waals surface area contributed by atoms with E-state index in [0.717, 1.165) is 32.1 Å². The van der Waals surface area contributed by atoms with Crippen LogP contribution in [0.3, 0.4) is 0 Å². The zero-order chi connectivity index (χ0) is 12.8. The quantitative estimate of drug-likeness (QED) is 0.731. The van der Waals surface area contributed by atoms with Crippen molar-refractivity contribution in [3.63, 3.8) is 0 Å². The van der Waals surface area contributed by atoms with Gasteiger partial charge in [0.15, 0.2) is 0 Å².